The second-order valence-electron chi connectivity index (χ2n) is 5.93. The Morgan fingerprint density at radius 3 is 2.68 bits per heavy atom. The fourth-order valence-electron chi connectivity index (χ4n) is 2.27. The van der Waals surface area contributed by atoms with Crippen molar-refractivity contribution in [3.05, 3.63) is 29.3 Å². The number of rotatable bonds is 4. The first-order valence-electron chi connectivity index (χ1n) is 6.91. The number of benzene rings is 1. The monoisotopic (exact) mass is 345 g/mol. The molecule has 1 fully saturated rings. The van der Waals surface area contributed by atoms with Crippen LogP contribution in [0.5, 0.6) is 0 Å². The number of nitrogens with zero attached hydrogens (tertiary/aromatic N) is 1. The molecule has 7 heteroatoms. The van der Waals surface area contributed by atoms with E-state index >= 15 is 0 Å². The standard InChI is InChI=1S/C15H20ClN3O2.ClH/c1-15(2,9-17)18-14(21)10-7-13(20)19(8-10)12-6-4-3-5-11(12)16;/h3-6,10H,7-9,17H2,1-2H3,(H,18,21);1H. The average molecular weight is 346 g/mol. The average Bonchev–Trinajstić information content (AvgIpc) is 2.81. The Hall–Kier alpha value is -1.30. The van der Waals surface area contributed by atoms with Gasteiger partial charge in [0.1, 0.15) is 0 Å². The molecule has 0 aromatic heterocycles. The zero-order valence-corrected chi connectivity index (χ0v) is 14.2. The van der Waals surface area contributed by atoms with Crippen LogP contribution in [0.25, 0.3) is 0 Å². The van der Waals surface area contributed by atoms with E-state index in [0.29, 0.717) is 23.8 Å². The zero-order valence-electron chi connectivity index (χ0n) is 12.6. The highest BCUT2D eigenvalue weighted by Gasteiger charge is 2.37. The van der Waals surface area contributed by atoms with Gasteiger partial charge in [0.2, 0.25) is 11.8 Å². The minimum absolute atomic E-state index is 0. The molecule has 0 bridgehead atoms. The fraction of sp³-hybridized carbons (Fsp3) is 0.467. The second-order valence-corrected chi connectivity index (χ2v) is 6.34. The minimum atomic E-state index is -0.474. The van der Waals surface area contributed by atoms with Gasteiger partial charge in [-0.1, -0.05) is 23.7 Å². The first-order chi connectivity index (χ1) is 9.84. The number of halogens is 2. The van der Waals surface area contributed by atoms with Gasteiger partial charge in [0.15, 0.2) is 0 Å². The molecule has 1 aromatic rings. The van der Waals surface area contributed by atoms with Crippen LogP contribution in [0.1, 0.15) is 20.3 Å². The highest BCUT2D eigenvalue weighted by Crippen LogP contribution is 2.31. The maximum absolute atomic E-state index is 12.2. The first-order valence-corrected chi connectivity index (χ1v) is 7.29. The lowest BCUT2D eigenvalue weighted by molar-refractivity contribution is -0.127. The highest BCUT2D eigenvalue weighted by atomic mass is 35.5. The number of hydrogen-bond acceptors (Lipinski definition) is 3. The van der Waals surface area contributed by atoms with Crippen LogP contribution >= 0.6 is 24.0 Å². The zero-order chi connectivity index (χ0) is 15.6. The molecule has 0 saturated carbocycles. The molecule has 1 heterocycles. The Labute approximate surface area is 141 Å². The van der Waals surface area contributed by atoms with Crippen molar-refractivity contribution in [3.63, 3.8) is 0 Å². The Kier molecular flexibility index (Phi) is 6.23. The molecule has 5 nitrogen and oxygen atoms in total. The van der Waals surface area contributed by atoms with Crippen molar-refractivity contribution in [2.75, 3.05) is 18.0 Å². The van der Waals surface area contributed by atoms with E-state index < -0.39 is 5.54 Å². The number of anilines is 1. The predicted molar refractivity (Wildman–Crippen MR) is 90.4 cm³/mol. The quantitative estimate of drug-likeness (QED) is 0.875. The molecule has 1 aromatic carbocycles. The predicted octanol–water partition coefficient (Wildman–Crippen LogP) is 1.97. The molecule has 2 amide bonds. The van der Waals surface area contributed by atoms with E-state index in [2.05, 4.69) is 5.32 Å². The summed E-state index contributed by atoms with van der Waals surface area (Å²) >= 11 is 6.11. The van der Waals surface area contributed by atoms with Crippen molar-refractivity contribution in [3.8, 4) is 0 Å². The second kappa shape index (κ2) is 7.31. The summed E-state index contributed by atoms with van der Waals surface area (Å²) in [4.78, 5) is 26.0. The molecule has 22 heavy (non-hydrogen) atoms. The van der Waals surface area contributed by atoms with Crippen molar-refractivity contribution in [2.45, 2.75) is 25.8 Å². The maximum Gasteiger partial charge on any atom is 0.227 e. The largest absolute Gasteiger partial charge is 0.350 e. The van der Waals surface area contributed by atoms with E-state index in [-0.39, 0.29) is 36.6 Å². The molecule has 1 aliphatic rings. The van der Waals surface area contributed by atoms with Gasteiger partial charge in [-0.15, -0.1) is 12.4 Å². The van der Waals surface area contributed by atoms with Gasteiger partial charge in [-0.3, -0.25) is 9.59 Å². The van der Waals surface area contributed by atoms with Crippen molar-refractivity contribution in [1.29, 1.82) is 0 Å². The summed E-state index contributed by atoms with van der Waals surface area (Å²) in [6, 6.07) is 7.14. The van der Waals surface area contributed by atoms with E-state index in [9.17, 15) is 9.59 Å². The van der Waals surface area contributed by atoms with E-state index in [0.717, 1.165) is 0 Å². The molecule has 1 atom stereocenters. The smallest absolute Gasteiger partial charge is 0.227 e. The number of carbonyl (C=O) groups is 2. The lowest BCUT2D eigenvalue weighted by Gasteiger charge is -2.26. The molecule has 0 aliphatic carbocycles. The molecule has 1 aliphatic heterocycles. The fourth-order valence-corrected chi connectivity index (χ4v) is 2.51. The molecular weight excluding hydrogens is 325 g/mol. The summed E-state index contributed by atoms with van der Waals surface area (Å²) < 4.78 is 0. The molecule has 0 radical (unpaired) electrons. The van der Waals surface area contributed by atoms with E-state index in [1.54, 1.807) is 23.1 Å². The van der Waals surface area contributed by atoms with Crippen molar-refractivity contribution < 1.29 is 9.59 Å². The van der Waals surface area contributed by atoms with Gasteiger partial charge >= 0.3 is 0 Å². The summed E-state index contributed by atoms with van der Waals surface area (Å²) in [5.41, 5.74) is 5.79. The van der Waals surface area contributed by atoms with Gasteiger partial charge in [0.25, 0.3) is 0 Å². The van der Waals surface area contributed by atoms with Crippen LogP contribution in [0.3, 0.4) is 0 Å². The Balaban J connectivity index is 0.00000242. The summed E-state index contributed by atoms with van der Waals surface area (Å²) in [7, 11) is 0. The van der Waals surface area contributed by atoms with Crippen LogP contribution in [-0.4, -0.2) is 30.4 Å². The number of nitrogens with one attached hydrogen (secondary N) is 1. The van der Waals surface area contributed by atoms with Gasteiger partial charge in [-0.05, 0) is 26.0 Å². The number of nitrogens with two attached hydrogens (primary N) is 1. The summed E-state index contributed by atoms with van der Waals surface area (Å²) in [6.45, 7) is 4.39. The van der Waals surface area contributed by atoms with Gasteiger partial charge in [0.05, 0.1) is 16.6 Å². The first kappa shape index (κ1) is 18.7. The highest BCUT2D eigenvalue weighted by molar-refractivity contribution is 6.33. The number of para-hydroxylation sites is 1. The van der Waals surface area contributed by atoms with E-state index in [1.165, 1.54) is 0 Å². The normalized spacial score (nSPS) is 18.1. The third-order valence-corrected chi connectivity index (χ3v) is 3.93. The van der Waals surface area contributed by atoms with Crippen LogP contribution < -0.4 is 16.0 Å². The van der Waals surface area contributed by atoms with Crippen LogP contribution in [0.4, 0.5) is 5.69 Å². The Bertz CT molecular complexity index is 563. The van der Waals surface area contributed by atoms with Crippen LogP contribution in [-0.2, 0) is 9.59 Å². The van der Waals surface area contributed by atoms with Gasteiger partial charge < -0.3 is 16.0 Å². The third kappa shape index (κ3) is 4.12. The topological polar surface area (TPSA) is 75.4 Å². The Morgan fingerprint density at radius 1 is 1.45 bits per heavy atom. The minimum Gasteiger partial charge on any atom is -0.350 e. The number of carbonyl (C=O) groups excluding carboxylic acids is 2. The number of hydrogen-bond donors (Lipinski definition) is 2. The van der Waals surface area contributed by atoms with Crippen LogP contribution in [0.15, 0.2) is 24.3 Å². The van der Waals surface area contributed by atoms with E-state index in [4.69, 9.17) is 17.3 Å². The molecule has 1 unspecified atom stereocenters. The summed E-state index contributed by atoms with van der Waals surface area (Å²) in [5.74, 6) is -0.609. The van der Waals surface area contributed by atoms with Crippen molar-refractivity contribution >= 4 is 41.5 Å². The molecule has 3 N–H and O–H groups in total. The van der Waals surface area contributed by atoms with Gasteiger partial charge in [0, 0.05) is 25.0 Å². The van der Waals surface area contributed by atoms with E-state index in [1.807, 2.05) is 19.9 Å². The van der Waals surface area contributed by atoms with Crippen molar-refractivity contribution in [2.24, 2.45) is 11.7 Å². The third-order valence-electron chi connectivity index (χ3n) is 3.61. The van der Waals surface area contributed by atoms with Crippen LogP contribution in [0.2, 0.25) is 5.02 Å². The lowest BCUT2D eigenvalue weighted by Crippen LogP contribution is -2.51. The lowest BCUT2D eigenvalue weighted by atomic mass is 10.0. The summed E-state index contributed by atoms with van der Waals surface area (Å²) in [6.07, 6.45) is 0.192. The molecule has 0 spiro atoms. The summed E-state index contributed by atoms with van der Waals surface area (Å²) in [5, 5.41) is 3.39. The van der Waals surface area contributed by atoms with Gasteiger partial charge in [-0.2, -0.15) is 0 Å². The van der Waals surface area contributed by atoms with Crippen LogP contribution in [0, 0.1) is 5.92 Å². The molecular formula is C15H21Cl2N3O2. The van der Waals surface area contributed by atoms with Crippen molar-refractivity contribution in [1.82, 2.24) is 5.32 Å². The molecule has 2 rings (SSSR count). The number of amides is 2. The molecule has 122 valence electrons. The maximum atomic E-state index is 12.2. The molecule has 1 saturated heterocycles. The van der Waals surface area contributed by atoms with Gasteiger partial charge in [-0.25, -0.2) is 0 Å². The Morgan fingerprint density at radius 2 is 2.09 bits per heavy atom. The SMILES string of the molecule is CC(C)(CN)NC(=O)C1CC(=O)N(c2ccccc2Cl)C1.Cl.